The summed E-state index contributed by atoms with van der Waals surface area (Å²) in [6.07, 6.45) is -0.906. The molecule has 0 saturated carbocycles. The lowest BCUT2D eigenvalue weighted by atomic mass is 9.99. The van der Waals surface area contributed by atoms with Gasteiger partial charge in [-0.2, -0.15) is 0 Å². The number of rotatable bonds is 8. The molecule has 22 heavy (non-hydrogen) atoms. The Kier molecular flexibility index (Phi) is 7.95. The average molecular weight is 314 g/mol. The van der Waals surface area contributed by atoms with E-state index in [0.29, 0.717) is 0 Å². The van der Waals surface area contributed by atoms with Gasteiger partial charge in [-0.3, -0.25) is 0 Å². The third kappa shape index (κ3) is 5.31. The highest BCUT2D eigenvalue weighted by Gasteiger charge is 2.43. The molecule has 1 unspecified atom stereocenters. The normalized spacial score (nSPS) is 32.8. The first-order valence-electron chi connectivity index (χ1n) is 7.28. The molecule has 1 saturated heterocycles. The van der Waals surface area contributed by atoms with E-state index in [2.05, 4.69) is 13.2 Å². The maximum absolute atomic E-state index is 9.83. The van der Waals surface area contributed by atoms with Gasteiger partial charge in [-0.05, 0) is 19.8 Å². The van der Waals surface area contributed by atoms with Crippen LogP contribution in [0, 0.1) is 0 Å². The first-order chi connectivity index (χ1) is 10.4. The molecule has 126 valence electrons. The second-order valence-corrected chi connectivity index (χ2v) is 5.46. The quantitative estimate of drug-likeness (QED) is 0.379. The molecule has 0 amide bonds. The highest BCUT2D eigenvalue weighted by molar-refractivity contribution is 5.12. The van der Waals surface area contributed by atoms with Gasteiger partial charge in [0.25, 0.3) is 0 Å². The van der Waals surface area contributed by atoms with Gasteiger partial charge >= 0.3 is 0 Å². The molecule has 6 nitrogen and oxygen atoms in total. The van der Waals surface area contributed by atoms with Crippen LogP contribution >= 0.6 is 0 Å². The molecule has 0 aromatic carbocycles. The molecule has 0 bridgehead atoms. The van der Waals surface area contributed by atoms with Crippen LogP contribution < -0.4 is 0 Å². The standard InChI is InChI=1S/C16H26O6/c1-4-10(2)6-5-7-11(3)9-21-16-15(20)14(19)13(18)12(8-17)22-16/h4,7,12-20H,1-2,5-6,8-9H2,3H3/t12-,13-,14+,15-,16?/m1/s1. The molecule has 6 heteroatoms. The van der Waals surface area contributed by atoms with Crippen LogP contribution in [-0.2, 0) is 9.47 Å². The largest absolute Gasteiger partial charge is 0.394 e. The fourth-order valence-electron chi connectivity index (χ4n) is 2.08. The minimum Gasteiger partial charge on any atom is -0.394 e. The number of hydrogen-bond acceptors (Lipinski definition) is 6. The van der Waals surface area contributed by atoms with Crippen molar-refractivity contribution < 1.29 is 29.9 Å². The Hall–Kier alpha value is -1.02. The molecule has 1 rings (SSSR count). The number of ether oxygens (including phenoxy) is 2. The molecule has 1 heterocycles. The van der Waals surface area contributed by atoms with Gasteiger partial charge in [-0.25, -0.2) is 0 Å². The van der Waals surface area contributed by atoms with Crippen molar-refractivity contribution in [2.75, 3.05) is 13.2 Å². The summed E-state index contributed by atoms with van der Waals surface area (Å²) in [6, 6.07) is 0. The van der Waals surface area contributed by atoms with Crippen LogP contribution in [0.25, 0.3) is 0 Å². The number of aliphatic hydroxyl groups is 4. The predicted octanol–water partition coefficient (Wildman–Crippen LogP) is 0.272. The Morgan fingerprint density at radius 1 is 1.23 bits per heavy atom. The van der Waals surface area contributed by atoms with E-state index in [-0.39, 0.29) is 6.61 Å². The summed E-state index contributed by atoms with van der Waals surface area (Å²) in [6.45, 7) is 9.08. The van der Waals surface area contributed by atoms with E-state index in [4.69, 9.17) is 14.6 Å². The smallest absolute Gasteiger partial charge is 0.187 e. The summed E-state index contributed by atoms with van der Waals surface area (Å²) in [5.74, 6) is 0. The van der Waals surface area contributed by atoms with Crippen molar-refractivity contribution in [2.45, 2.75) is 50.5 Å². The second-order valence-electron chi connectivity index (χ2n) is 5.46. The number of hydrogen-bond donors (Lipinski definition) is 4. The Labute approximate surface area is 131 Å². The third-order valence-electron chi connectivity index (χ3n) is 3.57. The minimum absolute atomic E-state index is 0.212. The number of allylic oxidation sites excluding steroid dienone is 3. The predicted molar refractivity (Wildman–Crippen MR) is 82.0 cm³/mol. The monoisotopic (exact) mass is 314 g/mol. The summed E-state index contributed by atoms with van der Waals surface area (Å²) in [7, 11) is 0. The Morgan fingerprint density at radius 2 is 1.91 bits per heavy atom. The van der Waals surface area contributed by atoms with Crippen LogP contribution in [0.1, 0.15) is 19.8 Å². The van der Waals surface area contributed by atoms with Crippen LogP contribution in [0.2, 0.25) is 0 Å². The Morgan fingerprint density at radius 3 is 2.50 bits per heavy atom. The minimum atomic E-state index is -1.42. The topological polar surface area (TPSA) is 99.4 Å². The lowest BCUT2D eigenvalue weighted by Crippen LogP contribution is -2.59. The molecule has 0 aromatic heterocycles. The van der Waals surface area contributed by atoms with Crippen molar-refractivity contribution in [3.05, 3.63) is 36.5 Å². The van der Waals surface area contributed by atoms with Crippen LogP contribution in [0.3, 0.4) is 0 Å². The molecule has 0 radical (unpaired) electrons. The van der Waals surface area contributed by atoms with E-state index in [1.165, 1.54) is 0 Å². The van der Waals surface area contributed by atoms with Gasteiger partial charge in [-0.1, -0.05) is 36.5 Å². The van der Waals surface area contributed by atoms with Gasteiger partial charge in [0, 0.05) is 0 Å². The van der Waals surface area contributed by atoms with Crippen molar-refractivity contribution in [1.29, 1.82) is 0 Å². The molecule has 1 fully saturated rings. The van der Waals surface area contributed by atoms with Crippen molar-refractivity contribution in [1.82, 2.24) is 0 Å². The molecule has 5 atom stereocenters. The van der Waals surface area contributed by atoms with Gasteiger partial charge in [0.15, 0.2) is 6.29 Å². The molecular formula is C16H26O6. The summed E-state index contributed by atoms with van der Waals surface area (Å²) in [5.41, 5.74) is 1.90. The van der Waals surface area contributed by atoms with Crippen molar-refractivity contribution in [2.24, 2.45) is 0 Å². The Balaban J connectivity index is 2.46. The maximum atomic E-state index is 9.83. The lowest BCUT2D eigenvalue weighted by Gasteiger charge is -2.39. The molecule has 1 aliphatic rings. The molecule has 0 aromatic rings. The zero-order chi connectivity index (χ0) is 16.7. The molecular weight excluding hydrogens is 288 g/mol. The van der Waals surface area contributed by atoms with Crippen molar-refractivity contribution >= 4 is 0 Å². The summed E-state index contributed by atoms with van der Waals surface area (Å²) < 4.78 is 10.7. The molecule has 4 N–H and O–H groups in total. The van der Waals surface area contributed by atoms with Gasteiger partial charge in [0.05, 0.1) is 13.2 Å². The van der Waals surface area contributed by atoms with Gasteiger partial charge in [-0.15, -0.1) is 0 Å². The van der Waals surface area contributed by atoms with E-state index in [0.717, 1.165) is 24.0 Å². The van der Waals surface area contributed by atoms with Crippen LogP contribution in [-0.4, -0.2) is 64.3 Å². The first kappa shape index (κ1) is 19.0. The molecule has 0 aliphatic carbocycles. The zero-order valence-electron chi connectivity index (χ0n) is 12.9. The lowest BCUT2D eigenvalue weighted by molar-refractivity contribution is -0.299. The van der Waals surface area contributed by atoms with Crippen molar-refractivity contribution in [3.63, 3.8) is 0 Å². The fourth-order valence-corrected chi connectivity index (χ4v) is 2.08. The van der Waals surface area contributed by atoms with Gasteiger partial charge in [0.2, 0.25) is 0 Å². The third-order valence-corrected chi connectivity index (χ3v) is 3.57. The second kappa shape index (κ2) is 9.19. The van der Waals surface area contributed by atoms with E-state index < -0.39 is 37.3 Å². The number of aliphatic hydroxyl groups excluding tert-OH is 4. The van der Waals surface area contributed by atoms with Gasteiger partial charge in [0.1, 0.15) is 24.4 Å². The Bertz CT molecular complexity index is 403. The first-order valence-corrected chi connectivity index (χ1v) is 7.28. The summed E-state index contributed by atoms with van der Waals surface area (Å²) in [4.78, 5) is 0. The van der Waals surface area contributed by atoms with Crippen molar-refractivity contribution in [3.8, 4) is 0 Å². The zero-order valence-corrected chi connectivity index (χ0v) is 12.9. The van der Waals surface area contributed by atoms with E-state index in [9.17, 15) is 15.3 Å². The van der Waals surface area contributed by atoms with Crippen LogP contribution in [0.15, 0.2) is 36.5 Å². The summed E-state index contributed by atoms with van der Waals surface area (Å²) in [5, 5.41) is 38.2. The van der Waals surface area contributed by atoms with E-state index in [1.54, 1.807) is 6.08 Å². The van der Waals surface area contributed by atoms with E-state index >= 15 is 0 Å². The highest BCUT2D eigenvalue weighted by Crippen LogP contribution is 2.22. The molecule has 0 spiro atoms. The van der Waals surface area contributed by atoms with Gasteiger partial charge < -0.3 is 29.9 Å². The highest BCUT2D eigenvalue weighted by atomic mass is 16.7. The van der Waals surface area contributed by atoms with E-state index in [1.807, 2.05) is 13.0 Å². The fraction of sp³-hybridized carbons (Fsp3) is 0.625. The molecule has 1 aliphatic heterocycles. The average Bonchev–Trinajstić information content (AvgIpc) is 2.51. The maximum Gasteiger partial charge on any atom is 0.187 e. The SMILES string of the molecule is C=CC(=C)CCC=C(C)COC1O[C@H](CO)[C@@H](O)[C@H](O)[C@H]1O. The van der Waals surface area contributed by atoms with Crippen LogP contribution in [0.5, 0.6) is 0 Å². The van der Waals surface area contributed by atoms with Crippen LogP contribution in [0.4, 0.5) is 0 Å². The summed E-state index contributed by atoms with van der Waals surface area (Å²) >= 11 is 0.